The topological polar surface area (TPSA) is 68.8 Å². The van der Waals surface area contributed by atoms with E-state index in [9.17, 15) is 4.79 Å². The fraction of sp³-hybridized carbons (Fsp3) is 0.444. The summed E-state index contributed by atoms with van der Waals surface area (Å²) >= 11 is 5.34. The van der Waals surface area contributed by atoms with Crippen LogP contribution in [0, 0.1) is 0 Å². The van der Waals surface area contributed by atoms with Crippen LogP contribution in [0.2, 0.25) is 0 Å². The second-order valence-electron chi connectivity index (χ2n) is 5.50. The zero-order valence-electron chi connectivity index (χ0n) is 15.0. The molecule has 0 unspecified atom stereocenters. The lowest BCUT2D eigenvalue weighted by molar-refractivity contribution is -0.139. The molecule has 1 aromatic rings. The number of allylic oxidation sites excluding steroid dienone is 1. The number of carbonyl (C=O) groups excluding carboxylic acids is 1. The molecule has 0 radical (unpaired) electrons. The van der Waals surface area contributed by atoms with Crippen molar-refractivity contribution < 1.29 is 19.0 Å². The van der Waals surface area contributed by atoms with Gasteiger partial charge in [-0.1, -0.05) is 13.3 Å². The first-order valence-electron chi connectivity index (χ1n) is 8.25. The van der Waals surface area contributed by atoms with Crippen LogP contribution in [0.3, 0.4) is 0 Å². The SMILES string of the molecule is CCCC1=C(C(=O)OCC)[C@H](c2cc(OC)ccc2OC)NC(=S)N1. The molecule has 0 spiro atoms. The van der Waals surface area contributed by atoms with Crippen molar-refractivity contribution in [1.82, 2.24) is 10.6 Å². The largest absolute Gasteiger partial charge is 0.497 e. The summed E-state index contributed by atoms with van der Waals surface area (Å²) in [5.41, 5.74) is 2.06. The van der Waals surface area contributed by atoms with Crippen LogP contribution in [0.1, 0.15) is 38.3 Å². The van der Waals surface area contributed by atoms with Crippen molar-refractivity contribution >= 4 is 23.3 Å². The van der Waals surface area contributed by atoms with E-state index in [-0.39, 0.29) is 5.97 Å². The number of rotatable bonds is 7. The fourth-order valence-electron chi connectivity index (χ4n) is 2.81. The molecule has 0 saturated carbocycles. The lowest BCUT2D eigenvalue weighted by Crippen LogP contribution is -2.45. The maximum Gasteiger partial charge on any atom is 0.338 e. The summed E-state index contributed by atoms with van der Waals surface area (Å²) in [6.07, 6.45) is 1.56. The molecule has 1 aliphatic heterocycles. The molecular formula is C18H24N2O4S. The summed E-state index contributed by atoms with van der Waals surface area (Å²) in [4.78, 5) is 12.7. The average molecular weight is 364 g/mol. The van der Waals surface area contributed by atoms with E-state index in [1.54, 1.807) is 21.1 Å². The van der Waals surface area contributed by atoms with Gasteiger partial charge in [-0.2, -0.15) is 0 Å². The molecule has 0 aromatic heterocycles. The Morgan fingerprint density at radius 2 is 2.00 bits per heavy atom. The predicted octanol–water partition coefficient (Wildman–Crippen LogP) is 2.84. The molecular weight excluding hydrogens is 340 g/mol. The van der Waals surface area contributed by atoms with Crippen molar-refractivity contribution in [3.63, 3.8) is 0 Å². The molecule has 6 nitrogen and oxygen atoms in total. The predicted molar refractivity (Wildman–Crippen MR) is 99.7 cm³/mol. The van der Waals surface area contributed by atoms with Gasteiger partial charge in [0.15, 0.2) is 5.11 Å². The Kier molecular flexibility index (Phi) is 6.64. The van der Waals surface area contributed by atoms with Gasteiger partial charge in [-0.25, -0.2) is 4.79 Å². The number of ether oxygens (including phenoxy) is 3. The Hall–Kier alpha value is -2.28. The van der Waals surface area contributed by atoms with E-state index in [0.717, 1.165) is 17.7 Å². The van der Waals surface area contributed by atoms with E-state index < -0.39 is 6.04 Å². The standard InChI is InChI=1S/C18H24N2O4S/c1-5-7-13-15(17(21)24-6-2)16(20-18(25)19-13)12-10-11(22-3)8-9-14(12)23-4/h8-10,16H,5-7H2,1-4H3,(H2,19,20,25)/t16-/m0/s1. The summed E-state index contributed by atoms with van der Waals surface area (Å²) in [5, 5.41) is 6.73. The number of hydrogen-bond acceptors (Lipinski definition) is 5. The van der Waals surface area contributed by atoms with Gasteiger partial charge in [0, 0.05) is 11.3 Å². The van der Waals surface area contributed by atoms with E-state index in [1.165, 1.54) is 0 Å². The van der Waals surface area contributed by atoms with Gasteiger partial charge >= 0.3 is 5.97 Å². The highest BCUT2D eigenvalue weighted by molar-refractivity contribution is 7.80. The summed E-state index contributed by atoms with van der Waals surface area (Å²) in [6, 6.07) is 4.98. The smallest absolute Gasteiger partial charge is 0.338 e. The minimum Gasteiger partial charge on any atom is -0.497 e. The highest BCUT2D eigenvalue weighted by Gasteiger charge is 2.34. The van der Waals surface area contributed by atoms with Crippen molar-refractivity contribution in [2.24, 2.45) is 0 Å². The van der Waals surface area contributed by atoms with Crippen molar-refractivity contribution in [3.05, 3.63) is 35.0 Å². The maximum atomic E-state index is 12.7. The second kappa shape index (κ2) is 8.71. The third-order valence-electron chi connectivity index (χ3n) is 3.90. The van der Waals surface area contributed by atoms with E-state index in [1.807, 2.05) is 25.1 Å². The number of thiocarbonyl (C=S) groups is 1. The molecule has 0 aliphatic carbocycles. The van der Waals surface area contributed by atoms with Crippen molar-refractivity contribution in [3.8, 4) is 11.5 Å². The quantitative estimate of drug-likeness (QED) is 0.569. The van der Waals surface area contributed by atoms with Crippen LogP contribution >= 0.6 is 12.2 Å². The molecule has 0 amide bonds. The maximum absolute atomic E-state index is 12.7. The van der Waals surface area contributed by atoms with E-state index >= 15 is 0 Å². The first kappa shape index (κ1) is 19.1. The minimum atomic E-state index is -0.473. The molecule has 1 aromatic carbocycles. The van der Waals surface area contributed by atoms with Crippen molar-refractivity contribution in [1.29, 1.82) is 0 Å². The van der Waals surface area contributed by atoms with Crippen LogP contribution in [0.25, 0.3) is 0 Å². The fourth-order valence-corrected chi connectivity index (χ4v) is 3.05. The number of methoxy groups -OCH3 is 2. The molecule has 2 N–H and O–H groups in total. The average Bonchev–Trinajstić information content (AvgIpc) is 2.61. The first-order chi connectivity index (χ1) is 12.0. The van der Waals surface area contributed by atoms with Gasteiger partial charge in [-0.3, -0.25) is 0 Å². The molecule has 1 heterocycles. The van der Waals surface area contributed by atoms with Crippen LogP contribution in [0.4, 0.5) is 0 Å². The number of hydrogen-bond donors (Lipinski definition) is 2. The van der Waals surface area contributed by atoms with Gasteiger partial charge in [0.2, 0.25) is 0 Å². The molecule has 1 atom stereocenters. The molecule has 136 valence electrons. The van der Waals surface area contributed by atoms with Gasteiger partial charge in [-0.15, -0.1) is 0 Å². The van der Waals surface area contributed by atoms with Crippen LogP contribution in [-0.4, -0.2) is 31.9 Å². The molecule has 0 bridgehead atoms. The number of carbonyl (C=O) groups is 1. The van der Waals surface area contributed by atoms with Crippen LogP contribution in [0.5, 0.6) is 11.5 Å². The minimum absolute atomic E-state index is 0.300. The molecule has 0 fully saturated rings. The molecule has 7 heteroatoms. The van der Waals surface area contributed by atoms with Gasteiger partial charge in [-0.05, 0) is 43.8 Å². The summed E-state index contributed by atoms with van der Waals surface area (Å²) in [7, 11) is 3.18. The first-order valence-corrected chi connectivity index (χ1v) is 8.66. The van der Waals surface area contributed by atoms with Gasteiger partial charge < -0.3 is 24.8 Å². The Labute approximate surface area is 153 Å². The third-order valence-corrected chi connectivity index (χ3v) is 4.12. The van der Waals surface area contributed by atoms with Gasteiger partial charge in [0.1, 0.15) is 11.5 Å². The normalized spacial score (nSPS) is 16.8. The lowest BCUT2D eigenvalue weighted by atomic mass is 9.93. The highest BCUT2D eigenvalue weighted by atomic mass is 32.1. The zero-order chi connectivity index (χ0) is 18.4. The Balaban J connectivity index is 2.60. The summed E-state index contributed by atoms with van der Waals surface area (Å²) in [5.74, 6) is 0.936. The zero-order valence-corrected chi connectivity index (χ0v) is 15.8. The van der Waals surface area contributed by atoms with Crippen molar-refractivity contribution in [2.75, 3.05) is 20.8 Å². The molecule has 0 saturated heterocycles. The van der Waals surface area contributed by atoms with Gasteiger partial charge in [0.25, 0.3) is 0 Å². The van der Waals surface area contributed by atoms with Gasteiger partial charge in [0.05, 0.1) is 32.4 Å². The molecule has 1 aliphatic rings. The third kappa shape index (κ3) is 4.22. The van der Waals surface area contributed by atoms with Crippen LogP contribution in [-0.2, 0) is 9.53 Å². The van der Waals surface area contributed by atoms with Crippen LogP contribution in [0.15, 0.2) is 29.5 Å². The summed E-state index contributed by atoms with van der Waals surface area (Å²) < 4.78 is 16.1. The second-order valence-corrected chi connectivity index (χ2v) is 5.91. The summed E-state index contributed by atoms with van der Waals surface area (Å²) in [6.45, 7) is 4.13. The molecule has 25 heavy (non-hydrogen) atoms. The number of benzene rings is 1. The highest BCUT2D eigenvalue weighted by Crippen LogP contribution is 2.36. The van der Waals surface area contributed by atoms with Crippen molar-refractivity contribution in [2.45, 2.75) is 32.7 Å². The number of esters is 1. The monoisotopic (exact) mass is 364 g/mol. The Morgan fingerprint density at radius 1 is 1.24 bits per heavy atom. The Morgan fingerprint density at radius 3 is 2.60 bits per heavy atom. The molecule has 2 rings (SSSR count). The number of nitrogens with one attached hydrogen (secondary N) is 2. The van der Waals surface area contributed by atoms with E-state index in [0.29, 0.717) is 35.2 Å². The lowest BCUT2D eigenvalue weighted by Gasteiger charge is -2.31. The van der Waals surface area contributed by atoms with E-state index in [4.69, 9.17) is 26.4 Å². The Bertz CT molecular complexity index is 688. The van der Waals surface area contributed by atoms with E-state index in [2.05, 4.69) is 10.6 Å². The van der Waals surface area contributed by atoms with Crippen LogP contribution < -0.4 is 20.1 Å².